The summed E-state index contributed by atoms with van der Waals surface area (Å²) < 4.78 is 0. The zero-order valence-electron chi connectivity index (χ0n) is 14.8. The number of benzene rings is 2. The zero-order chi connectivity index (χ0) is 19.4. The van der Waals surface area contributed by atoms with Gasteiger partial charge in [-0.15, -0.1) is 5.10 Å². The smallest absolute Gasteiger partial charge is 0.239 e. The molecule has 8 heteroatoms. The molecule has 2 aromatic rings. The maximum Gasteiger partial charge on any atom is 0.239 e. The number of carbonyl (C=O) groups excluding carboxylic acids is 1. The van der Waals surface area contributed by atoms with Gasteiger partial charge in [-0.2, -0.15) is 5.10 Å². The van der Waals surface area contributed by atoms with Gasteiger partial charge in [0.05, 0.1) is 21.5 Å². The third-order valence-corrected chi connectivity index (χ3v) is 5.91. The van der Waals surface area contributed by atoms with Crippen molar-refractivity contribution in [3.63, 3.8) is 0 Å². The molecule has 1 unspecified atom stereocenters. The highest BCUT2D eigenvalue weighted by Gasteiger charge is 2.31. The van der Waals surface area contributed by atoms with Crippen LogP contribution in [0.1, 0.15) is 11.1 Å². The SMILES string of the molecule is CN(C)c1ccc(/C=N\N=C2\NC(=O)C(Cc3cccc(Cl)c3Cl)S2)cc1. The van der Waals surface area contributed by atoms with Crippen molar-refractivity contribution in [1.29, 1.82) is 0 Å². The minimum atomic E-state index is -0.311. The summed E-state index contributed by atoms with van der Waals surface area (Å²) >= 11 is 13.6. The van der Waals surface area contributed by atoms with Crippen LogP contribution >= 0.6 is 35.0 Å². The van der Waals surface area contributed by atoms with Crippen LogP contribution in [0.15, 0.2) is 52.7 Å². The van der Waals surface area contributed by atoms with Crippen molar-refractivity contribution in [1.82, 2.24) is 5.32 Å². The quantitative estimate of drug-likeness (QED) is 0.581. The van der Waals surface area contributed by atoms with Gasteiger partial charge < -0.3 is 10.2 Å². The Balaban J connectivity index is 1.63. The molecule has 1 heterocycles. The van der Waals surface area contributed by atoms with Crippen LogP contribution in [0.5, 0.6) is 0 Å². The van der Waals surface area contributed by atoms with E-state index in [1.165, 1.54) is 11.8 Å². The average Bonchev–Trinajstić information content (AvgIpc) is 2.99. The second kappa shape index (κ2) is 8.78. The van der Waals surface area contributed by atoms with Gasteiger partial charge in [0.25, 0.3) is 0 Å². The molecule has 0 aromatic heterocycles. The van der Waals surface area contributed by atoms with Crippen LogP contribution in [-0.4, -0.2) is 36.6 Å². The lowest BCUT2D eigenvalue weighted by Crippen LogP contribution is -2.26. The van der Waals surface area contributed by atoms with Crippen molar-refractivity contribution in [2.24, 2.45) is 10.2 Å². The van der Waals surface area contributed by atoms with Gasteiger partial charge in [0.1, 0.15) is 0 Å². The number of hydrogen-bond donors (Lipinski definition) is 1. The van der Waals surface area contributed by atoms with Crippen molar-refractivity contribution in [3.05, 3.63) is 63.6 Å². The highest BCUT2D eigenvalue weighted by atomic mass is 35.5. The topological polar surface area (TPSA) is 57.1 Å². The number of rotatable bonds is 5. The Hall–Kier alpha value is -2.02. The maximum atomic E-state index is 12.2. The fraction of sp³-hybridized carbons (Fsp3) is 0.211. The molecule has 3 rings (SSSR count). The summed E-state index contributed by atoms with van der Waals surface area (Å²) in [6.45, 7) is 0. The van der Waals surface area contributed by atoms with Gasteiger partial charge in [-0.1, -0.05) is 59.2 Å². The van der Waals surface area contributed by atoms with Gasteiger partial charge in [-0.3, -0.25) is 4.79 Å². The molecule has 0 aliphatic carbocycles. The first-order valence-corrected chi connectivity index (χ1v) is 9.86. The van der Waals surface area contributed by atoms with Crippen LogP contribution in [0, 0.1) is 0 Å². The monoisotopic (exact) mass is 420 g/mol. The number of nitrogens with one attached hydrogen (secondary N) is 1. The summed E-state index contributed by atoms with van der Waals surface area (Å²) in [6, 6.07) is 13.3. The first-order chi connectivity index (χ1) is 12.9. The Bertz CT molecular complexity index is 897. The summed E-state index contributed by atoms with van der Waals surface area (Å²) in [6.07, 6.45) is 2.13. The van der Waals surface area contributed by atoms with E-state index in [1.807, 2.05) is 55.4 Å². The second-order valence-corrected chi connectivity index (χ2v) is 8.13. The fourth-order valence-electron chi connectivity index (χ4n) is 2.50. The molecule has 0 radical (unpaired) electrons. The van der Waals surface area contributed by atoms with Crippen molar-refractivity contribution in [2.75, 3.05) is 19.0 Å². The number of amidine groups is 1. The molecule has 1 atom stereocenters. The summed E-state index contributed by atoms with van der Waals surface area (Å²) in [5, 5.41) is 12.1. The minimum absolute atomic E-state index is 0.111. The molecule has 0 saturated carbocycles. The molecule has 1 aliphatic heterocycles. The number of carbonyl (C=O) groups is 1. The van der Waals surface area contributed by atoms with Crippen molar-refractivity contribution in [3.8, 4) is 0 Å². The maximum absolute atomic E-state index is 12.2. The Morgan fingerprint density at radius 3 is 2.63 bits per heavy atom. The van der Waals surface area contributed by atoms with Crippen molar-refractivity contribution < 1.29 is 4.79 Å². The van der Waals surface area contributed by atoms with E-state index in [2.05, 4.69) is 15.5 Å². The van der Waals surface area contributed by atoms with Crippen LogP contribution in [0.25, 0.3) is 0 Å². The molecule has 1 fully saturated rings. The largest absolute Gasteiger partial charge is 0.378 e. The first-order valence-electron chi connectivity index (χ1n) is 8.23. The van der Waals surface area contributed by atoms with Crippen LogP contribution in [-0.2, 0) is 11.2 Å². The molecule has 0 bridgehead atoms. The third kappa shape index (κ3) is 5.03. The molecule has 0 spiro atoms. The van der Waals surface area contributed by atoms with Gasteiger partial charge >= 0.3 is 0 Å². The molecule has 1 saturated heterocycles. The third-order valence-electron chi connectivity index (χ3n) is 3.98. The van der Waals surface area contributed by atoms with Crippen LogP contribution < -0.4 is 10.2 Å². The van der Waals surface area contributed by atoms with Crippen LogP contribution in [0.3, 0.4) is 0 Å². The zero-order valence-corrected chi connectivity index (χ0v) is 17.1. The molecule has 1 amide bonds. The van der Waals surface area contributed by atoms with Gasteiger partial charge in [-0.05, 0) is 35.7 Å². The van der Waals surface area contributed by atoms with E-state index in [-0.39, 0.29) is 11.2 Å². The predicted octanol–water partition coefficient (Wildman–Crippen LogP) is 4.22. The molecule has 5 nitrogen and oxygen atoms in total. The lowest BCUT2D eigenvalue weighted by molar-refractivity contribution is -0.118. The van der Waals surface area contributed by atoms with Gasteiger partial charge in [0.2, 0.25) is 5.91 Å². The summed E-state index contributed by atoms with van der Waals surface area (Å²) in [4.78, 5) is 14.2. The summed E-state index contributed by atoms with van der Waals surface area (Å²) in [5.41, 5.74) is 2.88. The molecular formula is C19H18Cl2N4OS. The number of hydrogen-bond acceptors (Lipinski definition) is 5. The highest BCUT2D eigenvalue weighted by Crippen LogP contribution is 2.30. The normalized spacial score (nSPS) is 18.3. The van der Waals surface area contributed by atoms with Crippen molar-refractivity contribution >= 4 is 57.9 Å². The molecular weight excluding hydrogens is 403 g/mol. The van der Waals surface area contributed by atoms with Gasteiger partial charge in [0.15, 0.2) is 5.17 Å². The average molecular weight is 421 g/mol. The van der Waals surface area contributed by atoms with E-state index in [1.54, 1.807) is 12.3 Å². The van der Waals surface area contributed by atoms with Crippen molar-refractivity contribution in [2.45, 2.75) is 11.7 Å². The number of amides is 1. The molecule has 140 valence electrons. The number of thioether (sulfide) groups is 1. The van der Waals surface area contributed by atoms with E-state index >= 15 is 0 Å². The van der Waals surface area contributed by atoms with Crippen LogP contribution in [0.2, 0.25) is 10.0 Å². The lowest BCUT2D eigenvalue weighted by atomic mass is 10.1. The Kier molecular flexibility index (Phi) is 6.42. The molecule has 27 heavy (non-hydrogen) atoms. The van der Waals surface area contributed by atoms with Crippen LogP contribution in [0.4, 0.5) is 5.69 Å². The summed E-state index contributed by atoms with van der Waals surface area (Å²) in [5.74, 6) is -0.111. The predicted molar refractivity (Wildman–Crippen MR) is 115 cm³/mol. The van der Waals surface area contributed by atoms with Gasteiger partial charge in [-0.25, -0.2) is 0 Å². The number of anilines is 1. The number of halogens is 2. The van der Waals surface area contributed by atoms with E-state index in [0.29, 0.717) is 21.6 Å². The Morgan fingerprint density at radius 2 is 1.93 bits per heavy atom. The molecule has 1 N–H and O–H groups in total. The Morgan fingerprint density at radius 1 is 1.19 bits per heavy atom. The second-order valence-electron chi connectivity index (χ2n) is 6.15. The molecule has 2 aromatic carbocycles. The fourth-order valence-corrected chi connectivity index (χ4v) is 3.85. The minimum Gasteiger partial charge on any atom is -0.378 e. The van der Waals surface area contributed by atoms with E-state index in [4.69, 9.17) is 23.2 Å². The van der Waals surface area contributed by atoms with E-state index in [9.17, 15) is 4.79 Å². The first kappa shape index (κ1) is 19.7. The summed E-state index contributed by atoms with van der Waals surface area (Å²) in [7, 11) is 3.98. The molecule has 1 aliphatic rings. The lowest BCUT2D eigenvalue weighted by Gasteiger charge is -2.11. The van der Waals surface area contributed by atoms with Gasteiger partial charge in [0, 0.05) is 19.8 Å². The van der Waals surface area contributed by atoms with E-state index < -0.39 is 0 Å². The Labute approximate surface area is 172 Å². The standard InChI is InChI=1S/C19H18Cl2N4OS/c1-25(2)14-8-6-12(7-9-14)11-22-24-19-23-18(26)16(27-19)10-13-4-3-5-15(20)17(13)21/h3-9,11,16H,10H2,1-2H3,(H,23,24,26)/b22-11-. The highest BCUT2D eigenvalue weighted by molar-refractivity contribution is 8.15. The van der Waals surface area contributed by atoms with E-state index in [0.717, 1.165) is 16.8 Å². The number of nitrogens with zero attached hydrogens (tertiary/aromatic N) is 3.